The third-order valence-corrected chi connectivity index (χ3v) is 3.24. The molecule has 1 aromatic rings. The van der Waals surface area contributed by atoms with Gasteiger partial charge in [0.2, 0.25) is 5.91 Å². The molecule has 0 saturated heterocycles. The van der Waals surface area contributed by atoms with Crippen LogP contribution in [0.1, 0.15) is 25.1 Å². The van der Waals surface area contributed by atoms with Crippen LogP contribution in [-0.2, 0) is 11.3 Å². The van der Waals surface area contributed by atoms with Gasteiger partial charge in [0, 0.05) is 11.4 Å². The number of rotatable bonds is 5. The highest BCUT2D eigenvalue weighted by Crippen LogP contribution is 2.12. The Morgan fingerprint density at radius 3 is 2.80 bits per heavy atom. The average molecular weight is 226 g/mol. The number of likely N-dealkylation sites (N-methyl/N-ethyl adjacent to an activating group) is 1. The first-order chi connectivity index (χ1) is 7.19. The second-order valence-corrected chi connectivity index (χ2v) is 4.48. The summed E-state index contributed by atoms with van der Waals surface area (Å²) in [6.45, 7) is 5.31. The fourth-order valence-electron chi connectivity index (χ4n) is 1.35. The van der Waals surface area contributed by atoms with Gasteiger partial charge in [0.05, 0.1) is 12.6 Å². The summed E-state index contributed by atoms with van der Waals surface area (Å²) >= 11 is 1.67. The zero-order valence-electron chi connectivity index (χ0n) is 9.27. The van der Waals surface area contributed by atoms with Crippen molar-refractivity contribution in [1.82, 2.24) is 4.90 Å². The molecular formula is C11H18N2OS. The maximum absolute atomic E-state index is 11.8. The van der Waals surface area contributed by atoms with E-state index in [9.17, 15) is 4.79 Å². The van der Waals surface area contributed by atoms with Crippen LogP contribution in [0.4, 0.5) is 0 Å². The highest BCUT2D eigenvalue weighted by atomic mass is 32.1. The molecule has 0 aromatic carbocycles. The molecule has 1 amide bonds. The molecule has 4 heteroatoms. The summed E-state index contributed by atoms with van der Waals surface area (Å²) in [6.07, 6.45) is 0.694. The predicted molar refractivity (Wildman–Crippen MR) is 63.7 cm³/mol. The lowest BCUT2D eigenvalue weighted by atomic mass is 10.2. The molecule has 2 N–H and O–H groups in total. The van der Waals surface area contributed by atoms with Crippen LogP contribution in [0.25, 0.3) is 0 Å². The van der Waals surface area contributed by atoms with E-state index in [4.69, 9.17) is 5.73 Å². The van der Waals surface area contributed by atoms with Gasteiger partial charge in [-0.3, -0.25) is 4.79 Å². The van der Waals surface area contributed by atoms with Crippen LogP contribution in [0.5, 0.6) is 0 Å². The van der Waals surface area contributed by atoms with Crippen molar-refractivity contribution in [3.63, 3.8) is 0 Å². The minimum Gasteiger partial charge on any atom is -0.336 e. The second-order valence-electron chi connectivity index (χ2n) is 3.45. The lowest BCUT2D eigenvalue weighted by Gasteiger charge is -2.23. The van der Waals surface area contributed by atoms with Gasteiger partial charge in [-0.1, -0.05) is 13.0 Å². The van der Waals surface area contributed by atoms with E-state index in [1.807, 2.05) is 31.4 Å². The predicted octanol–water partition coefficient (Wildman–Crippen LogP) is 1.83. The van der Waals surface area contributed by atoms with Gasteiger partial charge in [0.25, 0.3) is 0 Å². The molecule has 0 aliphatic carbocycles. The van der Waals surface area contributed by atoms with Gasteiger partial charge in [-0.2, -0.15) is 0 Å². The molecule has 0 saturated carbocycles. The zero-order chi connectivity index (χ0) is 11.3. The Kier molecular flexibility index (Phi) is 4.78. The van der Waals surface area contributed by atoms with Crippen LogP contribution >= 0.6 is 11.3 Å². The fourth-order valence-corrected chi connectivity index (χ4v) is 2.06. The summed E-state index contributed by atoms with van der Waals surface area (Å²) < 4.78 is 0. The first-order valence-electron chi connectivity index (χ1n) is 5.25. The van der Waals surface area contributed by atoms with Gasteiger partial charge < -0.3 is 10.6 Å². The third kappa shape index (κ3) is 3.32. The number of hydrogen-bond donors (Lipinski definition) is 1. The topological polar surface area (TPSA) is 46.3 Å². The number of nitrogens with two attached hydrogens (primary N) is 1. The number of hydrogen-bond acceptors (Lipinski definition) is 3. The van der Waals surface area contributed by atoms with E-state index in [0.717, 1.165) is 0 Å². The van der Waals surface area contributed by atoms with Crippen LogP contribution in [0.3, 0.4) is 0 Å². The minimum absolute atomic E-state index is 0.0494. The standard InChI is InChI=1S/C11H18N2OS/c1-3-10(12)11(14)13(4-2)8-9-6-5-7-15-9/h5-7,10H,3-4,8,12H2,1-2H3/t10-/m0/s1. The molecule has 0 unspecified atom stereocenters. The molecule has 1 heterocycles. The molecule has 3 nitrogen and oxygen atoms in total. The van der Waals surface area contributed by atoms with Gasteiger partial charge in [0.1, 0.15) is 0 Å². The Labute approximate surface area is 94.9 Å². The average Bonchev–Trinajstić information content (AvgIpc) is 2.76. The van der Waals surface area contributed by atoms with Crippen LogP contribution in [0, 0.1) is 0 Å². The maximum Gasteiger partial charge on any atom is 0.239 e. The third-order valence-electron chi connectivity index (χ3n) is 2.38. The number of carbonyl (C=O) groups excluding carboxylic acids is 1. The van der Waals surface area contributed by atoms with E-state index >= 15 is 0 Å². The van der Waals surface area contributed by atoms with Gasteiger partial charge >= 0.3 is 0 Å². The van der Waals surface area contributed by atoms with Crippen LogP contribution in [0.15, 0.2) is 17.5 Å². The SMILES string of the molecule is CC[C@H](N)C(=O)N(CC)Cc1cccs1. The van der Waals surface area contributed by atoms with Crippen molar-refractivity contribution < 1.29 is 4.79 Å². The van der Waals surface area contributed by atoms with E-state index < -0.39 is 0 Å². The van der Waals surface area contributed by atoms with Gasteiger partial charge in [-0.05, 0) is 24.8 Å². The number of carbonyl (C=O) groups is 1. The quantitative estimate of drug-likeness (QED) is 0.832. The van der Waals surface area contributed by atoms with E-state index in [1.165, 1.54) is 4.88 Å². The maximum atomic E-state index is 11.8. The first-order valence-corrected chi connectivity index (χ1v) is 6.13. The second kappa shape index (κ2) is 5.88. The highest BCUT2D eigenvalue weighted by Gasteiger charge is 2.18. The summed E-state index contributed by atoms with van der Waals surface area (Å²) in [5.74, 6) is 0.0494. The largest absolute Gasteiger partial charge is 0.336 e. The minimum atomic E-state index is -0.357. The summed E-state index contributed by atoms with van der Waals surface area (Å²) in [5, 5.41) is 2.02. The molecule has 1 rings (SSSR count). The molecule has 1 atom stereocenters. The van der Waals surface area contributed by atoms with Crippen LogP contribution in [0.2, 0.25) is 0 Å². The van der Waals surface area contributed by atoms with Crippen LogP contribution in [-0.4, -0.2) is 23.4 Å². The summed E-state index contributed by atoms with van der Waals surface area (Å²) in [7, 11) is 0. The molecular weight excluding hydrogens is 208 g/mol. The van der Waals surface area contributed by atoms with E-state index in [0.29, 0.717) is 19.5 Å². The van der Waals surface area contributed by atoms with Gasteiger partial charge in [-0.15, -0.1) is 11.3 Å². The Morgan fingerprint density at radius 2 is 2.33 bits per heavy atom. The normalized spacial score (nSPS) is 12.5. The van der Waals surface area contributed by atoms with Crippen molar-refractivity contribution in [2.75, 3.05) is 6.54 Å². The summed E-state index contributed by atoms with van der Waals surface area (Å²) in [6, 6.07) is 3.68. The molecule has 84 valence electrons. The molecule has 0 fully saturated rings. The van der Waals surface area contributed by atoms with Crippen molar-refractivity contribution in [2.45, 2.75) is 32.9 Å². The van der Waals surface area contributed by atoms with Crippen LogP contribution < -0.4 is 5.73 Å². The van der Waals surface area contributed by atoms with E-state index in [2.05, 4.69) is 0 Å². The Hall–Kier alpha value is -0.870. The molecule has 0 spiro atoms. The molecule has 0 bridgehead atoms. The van der Waals surface area contributed by atoms with Crippen molar-refractivity contribution in [3.05, 3.63) is 22.4 Å². The molecule has 1 aromatic heterocycles. The number of amides is 1. The fraction of sp³-hybridized carbons (Fsp3) is 0.545. The Balaban J connectivity index is 2.60. The van der Waals surface area contributed by atoms with Crippen molar-refractivity contribution in [1.29, 1.82) is 0 Å². The Bertz CT molecular complexity index is 298. The summed E-state index contributed by atoms with van der Waals surface area (Å²) in [4.78, 5) is 14.8. The first kappa shape index (κ1) is 12.2. The molecule has 0 aliphatic heterocycles. The van der Waals surface area contributed by atoms with Gasteiger partial charge in [0.15, 0.2) is 0 Å². The Morgan fingerprint density at radius 1 is 1.60 bits per heavy atom. The molecule has 0 aliphatic rings. The van der Waals surface area contributed by atoms with Gasteiger partial charge in [-0.25, -0.2) is 0 Å². The summed E-state index contributed by atoms with van der Waals surface area (Å²) in [5.41, 5.74) is 5.73. The van der Waals surface area contributed by atoms with E-state index in [1.54, 1.807) is 16.2 Å². The van der Waals surface area contributed by atoms with Crippen molar-refractivity contribution in [3.8, 4) is 0 Å². The van der Waals surface area contributed by atoms with Crippen molar-refractivity contribution >= 4 is 17.2 Å². The number of thiophene rings is 1. The molecule has 0 radical (unpaired) electrons. The molecule has 15 heavy (non-hydrogen) atoms. The van der Waals surface area contributed by atoms with Crippen molar-refractivity contribution in [2.24, 2.45) is 5.73 Å². The smallest absolute Gasteiger partial charge is 0.239 e. The monoisotopic (exact) mass is 226 g/mol. The zero-order valence-corrected chi connectivity index (χ0v) is 10.1. The lowest BCUT2D eigenvalue weighted by molar-refractivity contribution is -0.133. The van der Waals surface area contributed by atoms with E-state index in [-0.39, 0.29) is 11.9 Å². The highest BCUT2D eigenvalue weighted by molar-refractivity contribution is 7.09. The lowest BCUT2D eigenvalue weighted by Crippen LogP contribution is -2.42. The number of nitrogens with zero attached hydrogens (tertiary/aromatic N) is 1.